The lowest BCUT2D eigenvalue weighted by molar-refractivity contribution is 0.0934. The Bertz CT molecular complexity index is 472. The standard InChI is InChI=1S/C13H19ClN4O/c1-13(4-2-3-5-13)8-16-12(19)9-6-10(14)17-11(7-9)18-15/h6-7H,2-5,8,15H2,1H3,(H,16,19)(H,17,18). The summed E-state index contributed by atoms with van der Waals surface area (Å²) < 4.78 is 0. The summed E-state index contributed by atoms with van der Waals surface area (Å²) in [5.74, 6) is 5.51. The van der Waals surface area contributed by atoms with Crippen molar-refractivity contribution in [3.05, 3.63) is 22.8 Å². The summed E-state index contributed by atoms with van der Waals surface area (Å²) in [5.41, 5.74) is 3.08. The lowest BCUT2D eigenvalue weighted by atomic mass is 9.89. The Balaban J connectivity index is 2.01. The van der Waals surface area contributed by atoms with Crippen LogP contribution in [-0.4, -0.2) is 17.4 Å². The Morgan fingerprint density at radius 1 is 1.47 bits per heavy atom. The molecule has 4 N–H and O–H groups in total. The highest BCUT2D eigenvalue weighted by atomic mass is 35.5. The molecule has 0 unspecified atom stereocenters. The molecular weight excluding hydrogens is 264 g/mol. The second-order valence-electron chi connectivity index (χ2n) is 5.41. The van der Waals surface area contributed by atoms with E-state index >= 15 is 0 Å². The number of amides is 1. The van der Waals surface area contributed by atoms with Crippen LogP contribution in [0.3, 0.4) is 0 Å². The molecule has 0 aliphatic heterocycles. The zero-order chi connectivity index (χ0) is 13.9. The number of hydrogen-bond acceptors (Lipinski definition) is 4. The SMILES string of the molecule is CC1(CNC(=O)c2cc(Cl)nc(NN)c2)CCCC1. The van der Waals surface area contributed by atoms with Crippen molar-refractivity contribution >= 4 is 23.3 Å². The maximum absolute atomic E-state index is 12.1. The van der Waals surface area contributed by atoms with Crippen LogP contribution < -0.4 is 16.6 Å². The summed E-state index contributed by atoms with van der Waals surface area (Å²) in [4.78, 5) is 16.0. The summed E-state index contributed by atoms with van der Waals surface area (Å²) in [7, 11) is 0. The van der Waals surface area contributed by atoms with Gasteiger partial charge in [0.25, 0.3) is 5.91 Å². The molecule has 1 aliphatic carbocycles. The number of nitrogens with zero attached hydrogens (tertiary/aromatic N) is 1. The van der Waals surface area contributed by atoms with E-state index in [9.17, 15) is 4.79 Å². The van der Waals surface area contributed by atoms with Crippen molar-refractivity contribution < 1.29 is 4.79 Å². The molecule has 1 saturated carbocycles. The molecule has 0 atom stereocenters. The molecule has 0 spiro atoms. The highest BCUT2D eigenvalue weighted by Gasteiger charge is 2.29. The number of carbonyl (C=O) groups is 1. The first-order valence-electron chi connectivity index (χ1n) is 6.45. The minimum atomic E-state index is -0.145. The summed E-state index contributed by atoms with van der Waals surface area (Å²) >= 11 is 5.84. The molecule has 0 bridgehead atoms. The Kier molecular flexibility index (Phi) is 4.27. The van der Waals surface area contributed by atoms with Crippen molar-refractivity contribution in [3.8, 4) is 0 Å². The van der Waals surface area contributed by atoms with Gasteiger partial charge in [-0.3, -0.25) is 4.79 Å². The molecule has 1 amide bonds. The van der Waals surface area contributed by atoms with E-state index in [4.69, 9.17) is 17.4 Å². The topological polar surface area (TPSA) is 80.0 Å². The van der Waals surface area contributed by atoms with Crippen molar-refractivity contribution in [3.63, 3.8) is 0 Å². The van der Waals surface area contributed by atoms with Crippen molar-refractivity contribution in [1.29, 1.82) is 0 Å². The van der Waals surface area contributed by atoms with Crippen LogP contribution in [0.5, 0.6) is 0 Å². The van der Waals surface area contributed by atoms with Crippen molar-refractivity contribution in [2.45, 2.75) is 32.6 Å². The maximum Gasteiger partial charge on any atom is 0.251 e. The molecule has 0 aromatic carbocycles. The van der Waals surface area contributed by atoms with E-state index < -0.39 is 0 Å². The number of nitrogens with two attached hydrogens (primary N) is 1. The van der Waals surface area contributed by atoms with Gasteiger partial charge in [0.15, 0.2) is 0 Å². The van der Waals surface area contributed by atoms with Gasteiger partial charge in [0.1, 0.15) is 11.0 Å². The van der Waals surface area contributed by atoms with Crippen molar-refractivity contribution in [1.82, 2.24) is 10.3 Å². The molecule has 5 nitrogen and oxygen atoms in total. The van der Waals surface area contributed by atoms with Gasteiger partial charge in [-0.2, -0.15) is 0 Å². The summed E-state index contributed by atoms with van der Waals surface area (Å²) in [6, 6.07) is 3.12. The molecule has 0 saturated heterocycles. The van der Waals surface area contributed by atoms with Crippen LogP contribution in [0.4, 0.5) is 5.82 Å². The van der Waals surface area contributed by atoms with Gasteiger partial charge >= 0.3 is 0 Å². The molecule has 1 aliphatic rings. The first kappa shape index (κ1) is 14.1. The first-order valence-corrected chi connectivity index (χ1v) is 6.83. The van der Waals surface area contributed by atoms with E-state index in [0.717, 1.165) is 0 Å². The Morgan fingerprint density at radius 3 is 2.79 bits per heavy atom. The van der Waals surface area contributed by atoms with Gasteiger partial charge in [-0.05, 0) is 30.4 Å². The lowest BCUT2D eigenvalue weighted by Crippen LogP contribution is -2.34. The van der Waals surface area contributed by atoms with Crippen LogP contribution in [0.25, 0.3) is 0 Å². The molecule has 1 fully saturated rings. The second kappa shape index (κ2) is 5.75. The van der Waals surface area contributed by atoms with Crippen LogP contribution in [0.1, 0.15) is 43.0 Å². The molecular formula is C13H19ClN4O. The van der Waals surface area contributed by atoms with Crippen molar-refractivity contribution in [2.75, 3.05) is 12.0 Å². The van der Waals surface area contributed by atoms with E-state index in [1.807, 2.05) is 0 Å². The molecule has 104 valence electrons. The Morgan fingerprint density at radius 2 is 2.16 bits per heavy atom. The van der Waals surface area contributed by atoms with Crippen LogP contribution in [-0.2, 0) is 0 Å². The number of hydrogen-bond donors (Lipinski definition) is 3. The summed E-state index contributed by atoms with van der Waals surface area (Å²) in [5, 5.41) is 3.21. The normalized spacial score (nSPS) is 17.2. The summed E-state index contributed by atoms with van der Waals surface area (Å²) in [6.45, 7) is 2.91. The average Bonchev–Trinajstić information content (AvgIpc) is 2.82. The van der Waals surface area contributed by atoms with Crippen LogP contribution in [0, 0.1) is 5.41 Å². The van der Waals surface area contributed by atoms with Crippen LogP contribution in [0.2, 0.25) is 5.15 Å². The minimum Gasteiger partial charge on any atom is -0.351 e. The van der Waals surface area contributed by atoms with E-state index in [0.29, 0.717) is 17.9 Å². The number of rotatable bonds is 4. The maximum atomic E-state index is 12.1. The summed E-state index contributed by atoms with van der Waals surface area (Å²) in [6.07, 6.45) is 4.82. The fourth-order valence-corrected chi connectivity index (χ4v) is 2.71. The molecule has 1 aromatic heterocycles. The predicted octanol–water partition coefficient (Wildman–Crippen LogP) is 2.33. The quantitative estimate of drug-likeness (QED) is 0.450. The fourth-order valence-electron chi connectivity index (χ4n) is 2.50. The van der Waals surface area contributed by atoms with E-state index in [-0.39, 0.29) is 16.5 Å². The third-order valence-electron chi connectivity index (χ3n) is 3.69. The Labute approximate surface area is 117 Å². The minimum absolute atomic E-state index is 0.145. The van der Waals surface area contributed by atoms with Gasteiger partial charge < -0.3 is 10.7 Å². The van der Waals surface area contributed by atoms with Gasteiger partial charge in [-0.1, -0.05) is 31.4 Å². The number of carbonyl (C=O) groups excluding carboxylic acids is 1. The van der Waals surface area contributed by atoms with Gasteiger partial charge in [0.05, 0.1) is 0 Å². The van der Waals surface area contributed by atoms with Crippen molar-refractivity contribution in [2.24, 2.45) is 11.3 Å². The molecule has 1 heterocycles. The van der Waals surface area contributed by atoms with Gasteiger partial charge in [-0.15, -0.1) is 0 Å². The average molecular weight is 283 g/mol. The molecule has 0 radical (unpaired) electrons. The third-order valence-corrected chi connectivity index (χ3v) is 3.88. The number of halogens is 1. The largest absolute Gasteiger partial charge is 0.351 e. The smallest absolute Gasteiger partial charge is 0.251 e. The van der Waals surface area contributed by atoms with Gasteiger partial charge in [0.2, 0.25) is 0 Å². The zero-order valence-electron chi connectivity index (χ0n) is 11.0. The third kappa shape index (κ3) is 3.58. The highest BCUT2D eigenvalue weighted by molar-refractivity contribution is 6.29. The van der Waals surface area contributed by atoms with Crippen LogP contribution >= 0.6 is 11.6 Å². The first-order chi connectivity index (χ1) is 9.02. The molecule has 2 rings (SSSR count). The number of hydrazine groups is 1. The molecule has 19 heavy (non-hydrogen) atoms. The van der Waals surface area contributed by atoms with Crippen LogP contribution in [0.15, 0.2) is 12.1 Å². The lowest BCUT2D eigenvalue weighted by Gasteiger charge is -2.23. The number of aromatic nitrogens is 1. The predicted molar refractivity (Wildman–Crippen MR) is 76.0 cm³/mol. The highest BCUT2D eigenvalue weighted by Crippen LogP contribution is 2.36. The van der Waals surface area contributed by atoms with E-state index in [1.54, 1.807) is 6.07 Å². The van der Waals surface area contributed by atoms with E-state index in [2.05, 4.69) is 22.7 Å². The van der Waals surface area contributed by atoms with Gasteiger partial charge in [0, 0.05) is 12.1 Å². The molecule has 6 heteroatoms. The molecule has 1 aromatic rings. The zero-order valence-corrected chi connectivity index (χ0v) is 11.8. The Hall–Kier alpha value is -1.33. The van der Waals surface area contributed by atoms with Gasteiger partial charge in [-0.25, -0.2) is 10.8 Å². The number of nitrogens with one attached hydrogen (secondary N) is 2. The number of nitrogen functional groups attached to an aromatic ring is 1. The number of pyridine rings is 1. The second-order valence-corrected chi connectivity index (χ2v) is 5.80. The van der Waals surface area contributed by atoms with E-state index in [1.165, 1.54) is 31.7 Å². The monoisotopic (exact) mass is 282 g/mol. The number of anilines is 1. The fraction of sp³-hybridized carbons (Fsp3) is 0.538.